The van der Waals surface area contributed by atoms with Gasteiger partial charge in [0, 0.05) is 81.2 Å². The summed E-state index contributed by atoms with van der Waals surface area (Å²) in [6.07, 6.45) is 15.9. The number of aliphatic imine (C=N–C) groups is 1. The number of hydrogen-bond acceptors (Lipinski definition) is 8. The van der Waals surface area contributed by atoms with Gasteiger partial charge in [0.1, 0.15) is 33.7 Å². The van der Waals surface area contributed by atoms with E-state index in [1.807, 2.05) is 24.3 Å². The summed E-state index contributed by atoms with van der Waals surface area (Å²) in [6.45, 7) is 7.93. The first-order valence-corrected chi connectivity index (χ1v) is 26.5. The van der Waals surface area contributed by atoms with Crippen molar-refractivity contribution < 1.29 is 39.9 Å². The molecule has 0 amide bonds. The van der Waals surface area contributed by atoms with Gasteiger partial charge in [-0.3, -0.25) is 9.59 Å². The SMILES string of the molecule is C/C(C(=O)O)=C1/CC[C@]2(N=C(N)N)C=C[C@]34[C@@H]5CCCC[C@H]6C(=O)C7=C8[C@@]9(CCC#CC[C@]%10(C)C(=O)CC[C@@]7(C)[C@@H]%10[C@H](C7=Cc%10ccccc%10CC7)[C@]8(O)C=C7CC8=C(C(=CC8)[C@]1(O)[C@]52O)[C@@H]3[C@@]79O)[C@]64C. The Kier molecular flexibility index (Phi) is 8.26. The van der Waals surface area contributed by atoms with Crippen LogP contribution in [0.2, 0.25) is 0 Å². The fourth-order valence-electron chi connectivity index (χ4n) is 21.1. The number of nitrogens with two attached hydrogens (primary N) is 2. The highest BCUT2D eigenvalue weighted by atomic mass is 16.4. The number of Topliss-reactive ketones (excluding diaryl/α,β-unsaturated/α-hetero) is 2. The van der Waals surface area contributed by atoms with Crippen molar-refractivity contribution in [1.82, 2.24) is 0 Å². The van der Waals surface area contributed by atoms with Gasteiger partial charge in [-0.1, -0.05) is 93.3 Å². The smallest absolute Gasteiger partial charge is 0.331 e. The van der Waals surface area contributed by atoms with E-state index in [9.17, 15) is 20.1 Å². The molecule has 11 heteroatoms. The third-order valence-corrected chi connectivity index (χ3v) is 23.3. The topological polar surface area (TPSA) is 217 Å². The first-order valence-electron chi connectivity index (χ1n) is 26.5. The molecule has 11 nitrogen and oxygen atoms in total. The van der Waals surface area contributed by atoms with Crippen LogP contribution in [0.3, 0.4) is 0 Å². The Morgan fingerprint density at radius 3 is 2.45 bits per heavy atom. The average molecular weight is 956 g/mol. The molecule has 5 fully saturated rings. The molecule has 5 saturated carbocycles. The summed E-state index contributed by atoms with van der Waals surface area (Å²) in [4.78, 5) is 50.3. The van der Waals surface area contributed by atoms with Crippen LogP contribution in [-0.4, -0.2) is 77.0 Å². The molecule has 0 aromatic heterocycles. The van der Waals surface area contributed by atoms with Gasteiger partial charge in [-0.05, 0) is 122 Å². The van der Waals surface area contributed by atoms with Gasteiger partial charge in [-0.15, -0.1) is 11.8 Å². The molecule has 9 N–H and O–H groups in total. The van der Waals surface area contributed by atoms with E-state index < -0.39 is 90.6 Å². The van der Waals surface area contributed by atoms with Gasteiger partial charge in [0.05, 0.1) is 0 Å². The number of carboxylic acid groups (broad SMARTS) is 1. The number of nitrogens with zero attached hydrogens (tertiary/aromatic N) is 1. The molecular formula is C60H65N3O8. The normalized spacial score (nSPS) is 49.2. The molecule has 1 aromatic rings. The van der Waals surface area contributed by atoms with Crippen molar-refractivity contribution in [2.24, 2.45) is 73.1 Å². The lowest BCUT2D eigenvalue weighted by Crippen LogP contribution is -2.79. The number of aliphatic carboxylic acids is 1. The number of benzene rings is 1. The van der Waals surface area contributed by atoms with Crippen LogP contribution in [0.15, 0.2) is 104 Å². The maximum Gasteiger partial charge on any atom is 0.331 e. The van der Waals surface area contributed by atoms with Crippen LogP contribution in [0.4, 0.5) is 0 Å². The highest BCUT2D eigenvalue weighted by Crippen LogP contribution is 2.92. The zero-order chi connectivity index (χ0) is 49.6. The second-order valence-corrected chi connectivity index (χ2v) is 25.1. The Bertz CT molecular complexity index is 3170. The van der Waals surface area contributed by atoms with E-state index in [2.05, 4.69) is 63.0 Å². The number of ketones is 2. The molecule has 0 aliphatic heterocycles. The third kappa shape index (κ3) is 4.28. The van der Waals surface area contributed by atoms with E-state index in [-0.39, 0.29) is 60.8 Å². The summed E-state index contributed by atoms with van der Waals surface area (Å²) in [5, 5.41) is 70.9. The summed E-state index contributed by atoms with van der Waals surface area (Å²) in [7, 11) is 0. The minimum absolute atomic E-state index is 0.0558. The highest BCUT2D eigenvalue weighted by Gasteiger charge is 2.94. The lowest BCUT2D eigenvalue weighted by molar-refractivity contribution is -0.239. The van der Waals surface area contributed by atoms with Crippen LogP contribution in [0, 0.1) is 68.5 Å². The third-order valence-electron chi connectivity index (χ3n) is 23.3. The summed E-state index contributed by atoms with van der Waals surface area (Å²) >= 11 is 0. The fraction of sp³-hybridized carbons (Fsp3) is 0.567. The number of aryl methyl sites for hydroxylation is 1. The molecule has 13 aliphatic rings. The minimum atomic E-state index is -2.33. The van der Waals surface area contributed by atoms with E-state index in [1.54, 1.807) is 0 Å². The van der Waals surface area contributed by atoms with Crippen LogP contribution in [0.5, 0.6) is 0 Å². The molecule has 1 aromatic carbocycles. The van der Waals surface area contributed by atoms with Crippen molar-refractivity contribution in [2.75, 3.05) is 0 Å². The predicted octanol–water partition coefficient (Wildman–Crippen LogP) is 6.80. The summed E-state index contributed by atoms with van der Waals surface area (Å²) in [6, 6.07) is 8.37. The van der Waals surface area contributed by atoms with Crippen molar-refractivity contribution in [3.8, 4) is 11.8 Å². The molecule has 8 bridgehead atoms. The maximum atomic E-state index is 17.1. The number of carboxylic acids is 1. The molecule has 71 heavy (non-hydrogen) atoms. The van der Waals surface area contributed by atoms with Crippen molar-refractivity contribution in [3.63, 3.8) is 0 Å². The average Bonchev–Trinajstić information content (AvgIpc) is 3.78. The molecule has 0 saturated heterocycles. The van der Waals surface area contributed by atoms with Gasteiger partial charge < -0.3 is 37.0 Å². The zero-order valence-corrected chi connectivity index (χ0v) is 41.3. The van der Waals surface area contributed by atoms with Crippen molar-refractivity contribution in [2.45, 2.75) is 152 Å². The van der Waals surface area contributed by atoms with Crippen LogP contribution < -0.4 is 11.5 Å². The molecule has 0 radical (unpaired) electrons. The van der Waals surface area contributed by atoms with Crippen LogP contribution in [-0.2, 0) is 20.8 Å². The van der Waals surface area contributed by atoms with Gasteiger partial charge >= 0.3 is 5.97 Å². The largest absolute Gasteiger partial charge is 0.478 e. The maximum absolute atomic E-state index is 17.1. The van der Waals surface area contributed by atoms with Crippen LogP contribution in [0.25, 0.3) is 6.08 Å². The molecule has 14 rings (SSSR count). The predicted molar refractivity (Wildman–Crippen MR) is 265 cm³/mol. The number of aliphatic hydroxyl groups is 4. The lowest BCUT2D eigenvalue weighted by Gasteiger charge is -2.73. The van der Waals surface area contributed by atoms with E-state index >= 15 is 19.8 Å². The Morgan fingerprint density at radius 2 is 1.68 bits per heavy atom. The Hall–Kier alpha value is -5.12. The monoisotopic (exact) mass is 955 g/mol. The van der Waals surface area contributed by atoms with Gasteiger partial charge in [0.15, 0.2) is 11.7 Å². The minimum Gasteiger partial charge on any atom is -0.478 e. The Morgan fingerprint density at radius 1 is 0.901 bits per heavy atom. The number of guanidine groups is 1. The Balaban J connectivity index is 1.19. The number of hydrogen-bond donors (Lipinski definition) is 7. The number of rotatable bonds is 3. The van der Waals surface area contributed by atoms with Gasteiger partial charge in [-0.25, -0.2) is 9.79 Å². The van der Waals surface area contributed by atoms with Crippen LogP contribution >= 0.6 is 0 Å². The molecule has 13 aliphatic carbocycles. The van der Waals surface area contributed by atoms with E-state index in [1.165, 1.54) is 12.5 Å². The summed E-state index contributed by atoms with van der Waals surface area (Å²) in [5.74, 6) is 1.95. The first kappa shape index (κ1) is 44.6. The van der Waals surface area contributed by atoms with Crippen molar-refractivity contribution in [3.05, 3.63) is 110 Å². The standard InChI is InChI=1S/C60H65N3O8/c1-31(49(66)67)37-20-25-54(63-50(61)62)26-27-55-40-15-9-8-14-39-45(65)44-48-56(68)30-36-29-34-18-19-38(59(37,70)60(40,54)71)42(34)46(55)58(36,69)57(48,53(39,55)4)23-11-5-10-22-51(2)41(64)21-24-52(44,3)47(51)43(56)35-17-16-32-12-6-7-13-33(32)28-35/h6-7,12-13,19,26-28,30,39-40,43,46-47,68-71H,8-9,11,14-18,20-25,29H2,1-4H3,(H,66,67)(H4,61,62,63)/b37-31+/t39-,40-,43-,46-,47+,51+,52+,53+,54-,55-,56+,57-,58-,59-,60-/m0/s1. The van der Waals surface area contributed by atoms with Crippen LogP contribution in [0.1, 0.15) is 129 Å². The number of allylic oxidation sites excluding steroid dienone is 4. The second kappa shape index (κ2) is 13.2. The molecular weight excluding hydrogens is 891 g/mol. The number of carbonyl (C=O) groups is 3. The quantitative estimate of drug-likeness (QED) is 0.0553. The number of carbonyl (C=O) groups excluding carboxylic acids is 2. The molecule has 15 atom stereocenters. The fourth-order valence-corrected chi connectivity index (χ4v) is 21.1. The van der Waals surface area contributed by atoms with E-state index in [4.69, 9.17) is 16.5 Å². The molecule has 368 valence electrons. The molecule has 2 spiro atoms. The van der Waals surface area contributed by atoms with E-state index in [0.29, 0.717) is 80.1 Å². The number of fused-ring (bicyclic) bond motifs is 2. The van der Waals surface area contributed by atoms with Crippen molar-refractivity contribution in [1.29, 1.82) is 0 Å². The second-order valence-electron chi connectivity index (χ2n) is 25.1. The highest BCUT2D eigenvalue weighted by molar-refractivity contribution is 6.04. The molecule has 0 heterocycles. The van der Waals surface area contributed by atoms with Gasteiger partial charge in [-0.2, -0.15) is 0 Å². The zero-order valence-electron chi connectivity index (χ0n) is 41.3. The Labute approximate surface area is 414 Å². The first-order chi connectivity index (χ1) is 33.6. The van der Waals surface area contributed by atoms with E-state index in [0.717, 1.165) is 28.7 Å². The van der Waals surface area contributed by atoms with Gasteiger partial charge in [0.25, 0.3) is 0 Å². The summed E-state index contributed by atoms with van der Waals surface area (Å²) < 4.78 is 0. The van der Waals surface area contributed by atoms with Crippen molar-refractivity contribution >= 4 is 29.6 Å². The molecule has 0 unspecified atom stereocenters. The van der Waals surface area contributed by atoms with Gasteiger partial charge in [0.2, 0.25) is 0 Å². The lowest BCUT2D eigenvalue weighted by atomic mass is 9.30. The summed E-state index contributed by atoms with van der Waals surface area (Å²) in [5.41, 5.74) is 4.31.